The summed E-state index contributed by atoms with van der Waals surface area (Å²) in [6.45, 7) is 0.659. The van der Waals surface area contributed by atoms with Crippen molar-refractivity contribution in [3.05, 3.63) is 52.6 Å². The van der Waals surface area contributed by atoms with Crippen molar-refractivity contribution in [2.75, 3.05) is 13.1 Å². The van der Waals surface area contributed by atoms with Gasteiger partial charge in [-0.25, -0.2) is 9.31 Å². The molecule has 0 atom stereocenters. The van der Waals surface area contributed by atoms with Crippen LogP contribution in [-0.2, 0) is 0 Å². The van der Waals surface area contributed by atoms with E-state index in [0.717, 1.165) is 6.07 Å². The number of halogens is 3. The van der Waals surface area contributed by atoms with Crippen LogP contribution in [0.3, 0.4) is 0 Å². The number of carbonyl (C=O) groups is 1. The fraction of sp³-hybridized carbons (Fsp3) is 0.286. The van der Waals surface area contributed by atoms with Crippen molar-refractivity contribution in [3.8, 4) is 28.6 Å². The quantitative estimate of drug-likeness (QED) is 0.443. The predicted molar refractivity (Wildman–Crippen MR) is 113 cm³/mol. The first kappa shape index (κ1) is 22.4. The Morgan fingerprint density at radius 3 is 2.66 bits per heavy atom. The van der Waals surface area contributed by atoms with Crippen molar-refractivity contribution < 1.29 is 32.3 Å². The number of nitrogens with one attached hydrogen (secondary N) is 1. The van der Waals surface area contributed by atoms with Crippen LogP contribution in [0.4, 0.5) is 18.0 Å². The van der Waals surface area contributed by atoms with Crippen LogP contribution in [0.5, 0.6) is 5.75 Å². The van der Waals surface area contributed by atoms with Gasteiger partial charge in [-0.15, -0.1) is 13.2 Å². The van der Waals surface area contributed by atoms with E-state index in [-0.39, 0.29) is 28.8 Å². The Morgan fingerprint density at radius 2 is 1.94 bits per heavy atom. The Hall–Kier alpha value is -4.36. The van der Waals surface area contributed by atoms with Crippen LogP contribution in [0, 0.1) is 0 Å². The van der Waals surface area contributed by atoms with E-state index in [4.69, 9.17) is 9.63 Å². The standard InChI is InChI=1S/C21H17F3N6O5/c22-21(23,24)34-15-4-2-1-3-12(15)19-27-17(28-35-19)13-10-25-30-14(9-16(31)26-18(13)30)11-5-7-29(8-6-11)20(32)33/h1-4,9-11H,5-8H2,(H,26,31)(H,32,33). The highest BCUT2D eigenvalue weighted by Gasteiger charge is 2.33. The molecule has 35 heavy (non-hydrogen) atoms. The van der Waals surface area contributed by atoms with Crippen LogP contribution in [0.25, 0.3) is 28.5 Å². The lowest BCUT2D eigenvalue weighted by Gasteiger charge is -2.30. The minimum absolute atomic E-state index is 0.00492. The first-order chi connectivity index (χ1) is 16.7. The lowest BCUT2D eigenvalue weighted by molar-refractivity contribution is -0.274. The van der Waals surface area contributed by atoms with Gasteiger partial charge >= 0.3 is 12.5 Å². The molecule has 1 aliphatic heterocycles. The SMILES string of the molecule is O=C(O)N1CCC(c2cc(=O)[nH]c3c(-c4noc(-c5ccccc5OC(F)(F)F)n4)cnn23)CC1. The number of likely N-dealkylation sites (tertiary alicyclic amines) is 1. The van der Waals surface area contributed by atoms with Crippen LogP contribution in [-0.4, -0.2) is 60.3 Å². The summed E-state index contributed by atoms with van der Waals surface area (Å²) in [6, 6.07) is 6.76. The Labute approximate surface area is 193 Å². The van der Waals surface area contributed by atoms with Gasteiger partial charge in [-0.3, -0.25) is 4.79 Å². The summed E-state index contributed by atoms with van der Waals surface area (Å²) >= 11 is 0. The molecule has 1 aliphatic rings. The summed E-state index contributed by atoms with van der Waals surface area (Å²) < 4.78 is 49.1. The van der Waals surface area contributed by atoms with E-state index in [0.29, 0.717) is 37.2 Å². The van der Waals surface area contributed by atoms with Gasteiger partial charge < -0.3 is 24.3 Å². The number of carboxylic acid groups (broad SMARTS) is 1. The summed E-state index contributed by atoms with van der Waals surface area (Å²) in [5.41, 5.74) is 0.728. The zero-order valence-electron chi connectivity index (χ0n) is 17.8. The van der Waals surface area contributed by atoms with Gasteiger partial charge in [0.15, 0.2) is 0 Å². The maximum atomic E-state index is 12.8. The fourth-order valence-electron chi connectivity index (χ4n) is 4.13. The highest BCUT2D eigenvalue weighted by molar-refractivity contribution is 5.73. The zero-order valence-corrected chi connectivity index (χ0v) is 17.8. The van der Waals surface area contributed by atoms with Gasteiger partial charge in [0.2, 0.25) is 5.82 Å². The lowest BCUT2D eigenvalue weighted by atomic mass is 9.93. The van der Waals surface area contributed by atoms with E-state index in [1.165, 1.54) is 39.9 Å². The second-order valence-corrected chi connectivity index (χ2v) is 7.89. The number of piperidine rings is 1. The van der Waals surface area contributed by atoms with Gasteiger partial charge in [-0.1, -0.05) is 17.3 Å². The van der Waals surface area contributed by atoms with E-state index in [1.807, 2.05) is 0 Å². The molecular formula is C21H17F3N6O5. The predicted octanol–water partition coefficient (Wildman–Crippen LogP) is 3.50. The van der Waals surface area contributed by atoms with Gasteiger partial charge in [-0.05, 0) is 25.0 Å². The van der Waals surface area contributed by atoms with Gasteiger partial charge in [0.05, 0.1) is 23.0 Å². The highest BCUT2D eigenvalue weighted by atomic mass is 19.4. The van der Waals surface area contributed by atoms with Gasteiger partial charge in [-0.2, -0.15) is 10.1 Å². The number of hydrogen-bond donors (Lipinski definition) is 2. The Bertz CT molecular complexity index is 1450. The molecule has 0 saturated carbocycles. The highest BCUT2D eigenvalue weighted by Crippen LogP contribution is 2.34. The zero-order chi connectivity index (χ0) is 24.7. The molecule has 4 aromatic rings. The maximum Gasteiger partial charge on any atom is 0.573 e. The molecule has 1 fully saturated rings. The summed E-state index contributed by atoms with van der Waals surface area (Å²) in [5, 5.41) is 17.4. The Balaban J connectivity index is 1.49. The molecule has 0 bridgehead atoms. The molecule has 4 heterocycles. The third-order valence-corrected chi connectivity index (χ3v) is 5.73. The normalized spacial score (nSPS) is 15.0. The summed E-state index contributed by atoms with van der Waals surface area (Å²) in [6.07, 6.45) is -3.45. The first-order valence-electron chi connectivity index (χ1n) is 10.5. The first-order valence-corrected chi connectivity index (χ1v) is 10.5. The van der Waals surface area contributed by atoms with Crippen LogP contribution in [0.1, 0.15) is 24.5 Å². The summed E-state index contributed by atoms with van der Waals surface area (Å²) in [5.74, 6) is -0.808. The fourth-order valence-corrected chi connectivity index (χ4v) is 4.13. The molecule has 3 aromatic heterocycles. The molecule has 0 aliphatic carbocycles. The summed E-state index contributed by atoms with van der Waals surface area (Å²) in [7, 11) is 0. The number of fused-ring (bicyclic) bond motifs is 1. The minimum atomic E-state index is -4.90. The van der Waals surface area contributed by atoms with E-state index < -0.39 is 23.8 Å². The molecule has 182 valence electrons. The number of nitrogens with zero attached hydrogens (tertiary/aromatic N) is 5. The number of rotatable bonds is 4. The van der Waals surface area contributed by atoms with Crippen molar-refractivity contribution in [2.45, 2.75) is 25.1 Å². The molecule has 0 radical (unpaired) electrons. The number of aromatic nitrogens is 5. The number of para-hydroxylation sites is 1. The number of benzene rings is 1. The molecule has 1 aromatic carbocycles. The molecule has 5 rings (SSSR count). The second-order valence-electron chi connectivity index (χ2n) is 7.89. The third kappa shape index (κ3) is 4.41. The Kier molecular flexibility index (Phi) is 5.42. The van der Waals surface area contributed by atoms with E-state index >= 15 is 0 Å². The molecule has 14 heteroatoms. The average molecular weight is 490 g/mol. The van der Waals surface area contributed by atoms with Gasteiger partial charge in [0.25, 0.3) is 11.4 Å². The topological polar surface area (TPSA) is 139 Å². The second kappa shape index (κ2) is 8.45. The van der Waals surface area contributed by atoms with Crippen molar-refractivity contribution >= 4 is 11.7 Å². The van der Waals surface area contributed by atoms with Crippen molar-refractivity contribution in [2.24, 2.45) is 0 Å². The largest absolute Gasteiger partial charge is 0.573 e. The number of ether oxygens (including phenoxy) is 1. The third-order valence-electron chi connectivity index (χ3n) is 5.73. The average Bonchev–Trinajstić information content (AvgIpc) is 3.45. The number of hydrogen-bond acceptors (Lipinski definition) is 7. The number of aromatic amines is 1. The van der Waals surface area contributed by atoms with E-state index in [2.05, 4.69) is 25.0 Å². The molecule has 0 spiro atoms. The van der Waals surface area contributed by atoms with Crippen molar-refractivity contribution in [1.82, 2.24) is 29.6 Å². The van der Waals surface area contributed by atoms with Crippen LogP contribution < -0.4 is 10.3 Å². The molecular weight excluding hydrogens is 473 g/mol. The van der Waals surface area contributed by atoms with E-state index in [1.54, 1.807) is 0 Å². The smallest absolute Gasteiger partial charge is 0.465 e. The van der Waals surface area contributed by atoms with Crippen molar-refractivity contribution in [3.63, 3.8) is 0 Å². The van der Waals surface area contributed by atoms with Crippen LogP contribution >= 0.6 is 0 Å². The van der Waals surface area contributed by atoms with Gasteiger partial charge in [0, 0.05) is 25.1 Å². The maximum absolute atomic E-state index is 12.8. The molecule has 11 nitrogen and oxygen atoms in total. The molecule has 0 unspecified atom stereocenters. The summed E-state index contributed by atoms with van der Waals surface area (Å²) in [4.78, 5) is 31.8. The van der Waals surface area contributed by atoms with Crippen LogP contribution in [0.2, 0.25) is 0 Å². The lowest BCUT2D eigenvalue weighted by Crippen LogP contribution is -2.37. The minimum Gasteiger partial charge on any atom is -0.465 e. The molecule has 1 amide bonds. The molecule has 2 N–H and O–H groups in total. The van der Waals surface area contributed by atoms with E-state index in [9.17, 15) is 22.8 Å². The number of H-pyrrole nitrogens is 1. The number of amides is 1. The number of alkyl halides is 3. The monoisotopic (exact) mass is 490 g/mol. The van der Waals surface area contributed by atoms with Crippen molar-refractivity contribution in [1.29, 1.82) is 0 Å². The Morgan fingerprint density at radius 1 is 1.20 bits per heavy atom. The molecule has 1 saturated heterocycles. The van der Waals surface area contributed by atoms with Crippen LogP contribution in [0.15, 0.2) is 45.8 Å². The van der Waals surface area contributed by atoms with Gasteiger partial charge in [0.1, 0.15) is 11.4 Å².